The molecule has 0 saturated carbocycles. The molecule has 1 aromatic carbocycles. The molecule has 4 nitrogen and oxygen atoms in total. The minimum atomic E-state index is -0.288. The number of rotatable bonds is 2. The highest BCUT2D eigenvalue weighted by molar-refractivity contribution is 6.44. The van der Waals surface area contributed by atoms with Crippen molar-refractivity contribution in [2.45, 2.75) is 6.54 Å². The van der Waals surface area contributed by atoms with Gasteiger partial charge in [-0.3, -0.25) is 14.5 Å². The van der Waals surface area contributed by atoms with E-state index >= 15 is 0 Å². The van der Waals surface area contributed by atoms with Crippen molar-refractivity contribution in [1.82, 2.24) is 9.88 Å². The van der Waals surface area contributed by atoms with Gasteiger partial charge in [-0.1, -0.05) is 35.3 Å². The van der Waals surface area contributed by atoms with Crippen LogP contribution in [0, 0.1) is 0 Å². The Balaban J connectivity index is 1.91. The molecule has 0 unspecified atom stereocenters. The number of hydrogen-bond donors (Lipinski definition) is 0. The summed E-state index contributed by atoms with van der Waals surface area (Å²) in [6.45, 7) is 0.131. The molecule has 1 aliphatic rings. The molecule has 2 aromatic rings. The Morgan fingerprint density at radius 1 is 1.05 bits per heavy atom. The van der Waals surface area contributed by atoms with E-state index in [9.17, 15) is 9.59 Å². The van der Waals surface area contributed by atoms with E-state index in [-0.39, 0.29) is 18.4 Å². The molecule has 1 aliphatic heterocycles. The number of benzene rings is 1. The molecule has 2 heterocycles. The molecule has 0 aliphatic carbocycles. The molecular formula is C14H10BClN2O2. The van der Waals surface area contributed by atoms with E-state index in [0.29, 0.717) is 22.0 Å². The fourth-order valence-corrected chi connectivity index (χ4v) is 2.35. The van der Waals surface area contributed by atoms with Crippen LogP contribution in [0.4, 0.5) is 0 Å². The number of fused-ring (bicyclic) bond motifs is 1. The Kier molecular flexibility index (Phi) is 3.06. The number of halogens is 1. The summed E-state index contributed by atoms with van der Waals surface area (Å²) in [5, 5.41) is 0.388. The summed E-state index contributed by atoms with van der Waals surface area (Å²) in [6.07, 6.45) is 0. The van der Waals surface area contributed by atoms with E-state index < -0.39 is 0 Å². The van der Waals surface area contributed by atoms with E-state index in [0.717, 1.165) is 5.46 Å². The van der Waals surface area contributed by atoms with Crippen molar-refractivity contribution in [2.24, 2.45) is 0 Å². The van der Waals surface area contributed by atoms with Crippen LogP contribution in [-0.2, 0) is 6.54 Å². The highest BCUT2D eigenvalue weighted by Crippen LogP contribution is 2.23. The van der Waals surface area contributed by atoms with Crippen LogP contribution in [0.3, 0.4) is 0 Å². The Morgan fingerprint density at radius 2 is 1.65 bits per heavy atom. The second-order valence-corrected chi connectivity index (χ2v) is 5.01. The molecule has 0 saturated heterocycles. The number of hydrogen-bond acceptors (Lipinski definition) is 3. The van der Waals surface area contributed by atoms with E-state index in [1.807, 2.05) is 13.9 Å². The minimum Gasteiger partial charge on any atom is -0.269 e. The lowest BCUT2D eigenvalue weighted by Gasteiger charge is -2.13. The maximum Gasteiger partial charge on any atom is 0.261 e. The minimum absolute atomic E-state index is 0.131. The predicted molar refractivity (Wildman–Crippen MR) is 78.1 cm³/mol. The standard InChI is InChI=1S/C14H10BClN2O2/c15-11-6-5-8(17-12(11)16)7-18-13(19)9-3-1-2-4-10(9)14(18)20/h1-6H,7,15H2. The van der Waals surface area contributed by atoms with E-state index in [2.05, 4.69) is 4.98 Å². The summed E-state index contributed by atoms with van der Waals surface area (Å²) in [4.78, 5) is 29.8. The molecule has 3 rings (SSSR count). The van der Waals surface area contributed by atoms with Crippen molar-refractivity contribution < 1.29 is 9.59 Å². The van der Waals surface area contributed by atoms with Gasteiger partial charge in [0.1, 0.15) is 13.0 Å². The van der Waals surface area contributed by atoms with Gasteiger partial charge in [-0.2, -0.15) is 0 Å². The predicted octanol–water partition coefficient (Wildman–Crippen LogP) is 0.790. The zero-order valence-corrected chi connectivity index (χ0v) is 11.5. The lowest BCUT2D eigenvalue weighted by Crippen LogP contribution is -2.29. The van der Waals surface area contributed by atoms with Gasteiger partial charge in [0.2, 0.25) is 0 Å². The van der Waals surface area contributed by atoms with Crippen LogP contribution in [0.15, 0.2) is 36.4 Å². The van der Waals surface area contributed by atoms with Crippen LogP contribution < -0.4 is 5.46 Å². The van der Waals surface area contributed by atoms with Crippen molar-refractivity contribution in [2.75, 3.05) is 0 Å². The monoisotopic (exact) mass is 284 g/mol. The van der Waals surface area contributed by atoms with Crippen LogP contribution >= 0.6 is 11.6 Å². The molecule has 98 valence electrons. The third-order valence-corrected chi connectivity index (χ3v) is 3.67. The van der Waals surface area contributed by atoms with E-state index in [1.165, 1.54) is 4.90 Å². The maximum atomic E-state index is 12.2. The molecule has 6 heteroatoms. The van der Waals surface area contributed by atoms with Crippen molar-refractivity contribution >= 4 is 36.7 Å². The van der Waals surface area contributed by atoms with Gasteiger partial charge in [-0.15, -0.1) is 0 Å². The Hall–Kier alpha value is -2.14. The first-order chi connectivity index (χ1) is 9.58. The topological polar surface area (TPSA) is 50.3 Å². The molecule has 0 bridgehead atoms. The number of carbonyl (C=O) groups is 2. The van der Waals surface area contributed by atoms with Gasteiger partial charge in [0.05, 0.1) is 23.4 Å². The molecule has 0 atom stereocenters. The summed E-state index contributed by atoms with van der Waals surface area (Å²) in [5.74, 6) is -0.576. The first kappa shape index (κ1) is 12.9. The Morgan fingerprint density at radius 3 is 2.20 bits per heavy atom. The largest absolute Gasteiger partial charge is 0.269 e. The van der Waals surface area contributed by atoms with E-state index in [4.69, 9.17) is 11.6 Å². The van der Waals surface area contributed by atoms with Gasteiger partial charge in [-0.25, -0.2) is 4.98 Å². The average Bonchev–Trinajstić information content (AvgIpc) is 2.69. The number of imide groups is 1. The summed E-state index contributed by atoms with van der Waals surface area (Å²) < 4.78 is 0. The highest BCUT2D eigenvalue weighted by atomic mass is 35.5. The fraction of sp³-hybridized carbons (Fsp3) is 0.0714. The van der Waals surface area contributed by atoms with Gasteiger partial charge in [0.15, 0.2) is 0 Å². The van der Waals surface area contributed by atoms with Crippen LogP contribution in [0.25, 0.3) is 0 Å². The highest BCUT2D eigenvalue weighted by Gasteiger charge is 2.35. The first-order valence-corrected chi connectivity index (χ1v) is 6.53. The lowest BCUT2D eigenvalue weighted by molar-refractivity contribution is 0.0640. The second-order valence-electron chi connectivity index (χ2n) is 4.65. The van der Waals surface area contributed by atoms with Crippen LogP contribution in [-0.4, -0.2) is 29.5 Å². The number of aromatic nitrogens is 1. The summed E-state index contributed by atoms with van der Waals surface area (Å²) in [5.41, 5.74) is 2.33. The summed E-state index contributed by atoms with van der Waals surface area (Å²) >= 11 is 5.96. The summed E-state index contributed by atoms with van der Waals surface area (Å²) in [7, 11) is 1.85. The zero-order chi connectivity index (χ0) is 14.3. The van der Waals surface area contributed by atoms with E-state index in [1.54, 1.807) is 30.3 Å². The van der Waals surface area contributed by atoms with Gasteiger partial charge in [0, 0.05) is 0 Å². The van der Waals surface area contributed by atoms with Crippen molar-refractivity contribution in [3.8, 4) is 0 Å². The lowest BCUT2D eigenvalue weighted by atomic mass is 9.98. The van der Waals surface area contributed by atoms with Crippen LogP contribution in [0.5, 0.6) is 0 Å². The molecule has 0 N–H and O–H groups in total. The molecule has 0 radical (unpaired) electrons. The number of amides is 2. The van der Waals surface area contributed by atoms with Gasteiger partial charge >= 0.3 is 0 Å². The number of carbonyl (C=O) groups excluding carboxylic acids is 2. The average molecular weight is 285 g/mol. The Bertz CT molecular complexity index is 698. The van der Waals surface area contributed by atoms with Crippen LogP contribution in [0.2, 0.25) is 5.15 Å². The molecule has 0 spiro atoms. The molecule has 2 amide bonds. The van der Waals surface area contributed by atoms with Crippen molar-refractivity contribution in [1.29, 1.82) is 0 Å². The zero-order valence-electron chi connectivity index (χ0n) is 10.8. The number of pyridine rings is 1. The second kappa shape index (κ2) is 4.76. The molecule has 1 aromatic heterocycles. The van der Waals surface area contributed by atoms with Crippen LogP contribution in [0.1, 0.15) is 26.4 Å². The third kappa shape index (κ3) is 2.00. The fourth-order valence-electron chi connectivity index (χ4n) is 2.17. The van der Waals surface area contributed by atoms with Crippen molar-refractivity contribution in [3.05, 3.63) is 58.4 Å². The molecule has 20 heavy (non-hydrogen) atoms. The summed E-state index contributed by atoms with van der Waals surface area (Å²) in [6, 6.07) is 10.4. The van der Waals surface area contributed by atoms with Gasteiger partial charge in [-0.05, 0) is 18.2 Å². The maximum absolute atomic E-state index is 12.2. The van der Waals surface area contributed by atoms with Gasteiger partial charge in [0.25, 0.3) is 11.8 Å². The SMILES string of the molecule is Bc1ccc(CN2C(=O)c3ccccc3C2=O)nc1Cl. The quantitative estimate of drug-likeness (QED) is 0.465. The smallest absolute Gasteiger partial charge is 0.261 e. The Labute approximate surface area is 121 Å². The normalized spacial score (nSPS) is 13.8. The van der Waals surface area contributed by atoms with Crippen molar-refractivity contribution in [3.63, 3.8) is 0 Å². The molecular weight excluding hydrogens is 274 g/mol. The first-order valence-electron chi connectivity index (χ1n) is 6.15. The number of nitrogens with zero attached hydrogens (tertiary/aromatic N) is 2. The van der Waals surface area contributed by atoms with Gasteiger partial charge < -0.3 is 0 Å². The third-order valence-electron chi connectivity index (χ3n) is 3.29. The molecule has 0 fully saturated rings.